The van der Waals surface area contributed by atoms with E-state index in [4.69, 9.17) is 21.9 Å². The topological polar surface area (TPSA) is 133 Å². The van der Waals surface area contributed by atoms with Gasteiger partial charge in [0.2, 0.25) is 5.91 Å². The normalized spacial score (nSPS) is 11.2. The van der Waals surface area contributed by atoms with Crippen molar-refractivity contribution in [3.05, 3.63) is 0 Å². The summed E-state index contributed by atoms with van der Waals surface area (Å²) < 4.78 is 4.91. The van der Waals surface area contributed by atoms with E-state index in [2.05, 4.69) is 5.32 Å². The molecule has 0 atom stereocenters. The van der Waals surface area contributed by atoms with Crippen molar-refractivity contribution in [3.63, 3.8) is 0 Å². The number of carbonyl (C=O) groups excluding carboxylic acids is 2. The molecule has 1 amide bonds. The fraction of sp³-hybridized carbons (Fsp3) is 0.846. The second-order valence-corrected chi connectivity index (χ2v) is 4.87. The molecule has 0 aromatic heterocycles. The van der Waals surface area contributed by atoms with Gasteiger partial charge in [-0.3, -0.25) is 9.59 Å². The van der Waals surface area contributed by atoms with Gasteiger partial charge in [0.25, 0.3) is 0 Å². The number of ether oxygens (including phenoxy) is 1. The lowest BCUT2D eigenvalue weighted by molar-refractivity contribution is -0.154. The molecule has 7 nitrogen and oxygen atoms in total. The predicted molar refractivity (Wildman–Crippen MR) is 77.7 cm³/mol. The van der Waals surface area contributed by atoms with Gasteiger partial charge in [0.1, 0.15) is 0 Å². The first kappa shape index (κ1) is 18.8. The highest BCUT2D eigenvalue weighted by Crippen LogP contribution is 2.30. The Morgan fingerprint density at radius 2 is 1.60 bits per heavy atom. The number of carbonyl (C=O) groups is 2. The van der Waals surface area contributed by atoms with Gasteiger partial charge in [0.05, 0.1) is 12.5 Å². The van der Waals surface area contributed by atoms with Gasteiger partial charge in [-0.2, -0.15) is 0 Å². The standard InChI is InChI=1S/C13H28N4O3/c1-20-12(19)13(5-2-7-14,6-3-8-15)10-17-11(18)4-9-16/h2-10,14-16H2,1H3,(H,17,18). The summed E-state index contributed by atoms with van der Waals surface area (Å²) in [6, 6.07) is 0. The van der Waals surface area contributed by atoms with Gasteiger partial charge < -0.3 is 27.3 Å². The molecule has 0 saturated heterocycles. The van der Waals surface area contributed by atoms with E-state index in [-0.39, 0.29) is 31.4 Å². The monoisotopic (exact) mass is 288 g/mol. The Morgan fingerprint density at radius 1 is 1.05 bits per heavy atom. The van der Waals surface area contributed by atoms with E-state index in [0.717, 1.165) is 0 Å². The molecule has 0 heterocycles. The van der Waals surface area contributed by atoms with Crippen LogP contribution >= 0.6 is 0 Å². The fourth-order valence-corrected chi connectivity index (χ4v) is 2.16. The molecule has 0 aliphatic heterocycles. The van der Waals surface area contributed by atoms with E-state index in [0.29, 0.717) is 38.8 Å². The molecule has 0 bridgehead atoms. The number of rotatable bonds is 11. The average molecular weight is 288 g/mol. The Morgan fingerprint density at radius 3 is 2.00 bits per heavy atom. The maximum Gasteiger partial charge on any atom is 0.313 e. The molecule has 0 aliphatic rings. The zero-order chi connectivity index (χ0) is 15.4. The van der Waals surface area contributed by atoms with Gasteiger partial charge >= 0.3 is 5.97 Å². The maximum absolute atomic E-state index is 12.1. The Labute approximate surface area is 120 Å². The summed E-state index contributed by atoms with van der Waals surface area (Å²) in [4.78, 5) is 23.7. The van der Waals surface area contributed by atoms with E-state index in [1.165, 1.54) is 7.11 Å². The maximum atomic E-state index is 12.1. The lowest BCUT2D eigenvalue weighted by Crippen LogP contribution is -2.44. The summed E-state index contributed by atoms with van der Waals surface area (Å²) in [6.45, 7) is 1.48. The molecule has 0 aromatic carbocycles. The molecule has 20 heavy (non-hydrogen) atoms. The molecule has 7 N–H and O–H groups in total. The van der Waals surface area contributed by atoms with Gasteiger partial charge in [-0.25, -0.2) is 0 Å². The minimum absolute atomic E-state index is 0.165. The summed E-state index contributed by atoms with van der Waals surface area (Å²) in [5, 5.41) is 2.76. The molecule has 0 aromatic rings. The number of esters is 1. The average Bonchev–Trinajstić information content (AvgIpc) is 2.46. The molecule has 0 spiro atoms. The predicted octanol–water partition coefficient (Wildman–Crippen LogP) is -0.911. The van der Waals surface area contributed by atoms with Gasteiger partial charge in [-0.1, -0.05) is 0 Å². The van der Waals surface area contributed by atoms with Crippen LogP contribution in [0, 0.1) is 5.41 Å². The summed E-state index contributed by atoms with van der Waals surface area (Å²) in [6.07, 6.45) is 2.75. The smallest absolute Gasteiger partial charge is 0.313 e. The molecule has 0 radical (unpaired) electrons. The minimum atomic E-state index is -0.752. The first-order valence-corrected chi connectivity index (χ1v) is 7.01. The van der Waals surface area contributed by atoms with E-state index in [1.807, 2.05) is 0 Å². The van der Waals surface area contributed by atoms with Gasteiger partial charge in [-0.15, -0.1) is 0 Å². The number of nitrogens with one attached hydrogen (secondary N) is 1. The van der Waals surface area contributed by atoms with Crippen molar-refractivity contribution in [3.8, 4) is 0 Å². The first-order chi connectivity index (χ1) is 9.56. The number of hydrogen-bond acceptors (Lipinski definition) is 6. The highest BCUT2D eigenvalue weighted by atomic mass is 16.5. The van der Waals surface area contributed by atoms with Crippen LogP contribution < -0.4 is 22.5 Å². The number of nitrogens with two attached hydrogens (primary N) is 3. The van der Waals surface area contributed by atoms with E-state index < -0.39 is 5.41 Å². The third-order valence-electron chi connectivity index (χ3n) is 3.33. The molecule has 0 fully saturated rings. The van der Waals surface area contributed by atoms with Crippen molar-refractivity contribution in [1.29, 1.82) is 0 Å². The molecular formula is C13H28N4O3. The Bertz CT molecular complexity index is 289. The van der Waals surface area contributed by atoms with Crippen LogP contribution in [-0.4, -0.2) is 45.2 Å². The fourth-order valence-electron chi connectivity index (χ4n) is 2.16. The first-order valence-electron chi connectivity index (χ1n) is 7.01. The van der Waals surface area contributed by atoms with E-state index in [1.54, 1.807) is 0 Å². The molecule has 118 valence electrons. The molecule has 0 rings (SSSR count). The lowest BCUT2D eigenvalue weighted by Gasteiger charge is -2.31. The van der Waals surface area contributed by atoms with Crippen LogP contribution in [0.2, 0.25) is 0 Å². The van der Waals surface area contributed by atoms with Crippen molar-refractivity contribution in [1.82, 2.24) is 5.32 Å². The number of methoxy groups -OCH3 is 1. The summed E-state index contributed by atoms with van der Waals surface area (Å²) in [7, 11) is 1.35. The van der Waals surface area contributed by atoms with Crippen LogP contribution in [-0.2, 0) is 14.3 Å². The van der Waals surface area contributed by atoms with Crippen molar-refractivity contribution in [2.75, 3.05) is 33.3 Å². The Balaban J connectivity index is 4.85. The zero-order valence-corrected chi connectivity index (χ0v) is 12.3. The van der Waals surface area contributed by atoms with Crippen molar-refractivity contribution < 1.29 is 14.3 Å². The summed E-state index contributed by atoms with van der Waals surface area (Å²) >= 11 is 0. The number of hydrogen-bond donors (Lipinski definition) is 4. The number of amides is 1. The van der Waals surface area contributed by atoms with Gasteiger partial charge in [-0.05, 0) is 38.8 Å². The molecule has 7 heteroatoms. The summed E-state index contributed by atoms with van der Waals surface area (Å²) in [5.41, 5.74) is 15.6. The Hall–Kier alpha value is -1.18. The van der Waals surface area contributed by atoms with Crippen molar-refractivity contribution in [2.24, 2.45) is 22.6 Å². The van der Waals surface area contributed by atoms with E-state index >= 15 is 0 Å². The molecule has 0 unspecified atom stereocenters. The molecular weight excluding hydrogens is 260 g/mol. The highest BCUT2D eigenvalue weighted by molar-refractivity contribution is 5.80. The minimum Gasteiger partial charge on any atom is -0.469 e. The van der Waals surface area contributed by atoms with E-state index in [9.17, 15) is 9.59 Å². The van der Waals surface area contributed by atoms with Crippen LogP contribution in [0.5, 0.6) is 0 Å². The quantitative estimate of drug-likeness (QED) is 0.364. The zero-order valence-electron chi connectivity index (χ0n) is 12.3. The lowest BCUT2D eigenvalue weighted by atomic mass is 9.78. The largest absolute Gasteiger partial charge is 0.469 e. The van der Waals surface area contributed by atoms with Gasteiger partial charge in [0.15, 0.2) is 0 Å². The highest BCUT2D eigenvalue weighted by Gasteiger charge is 2.38. The second kappa shape index (κ2) is 10.6. The van der Waals surface area contributed by atoms with Crippen LogP contribution in [0.1, 0.15) is 32.1 Å². The van der Waals surface area contributed by atoms with Crippen LogP contribution in [0.4, 0.5) is 0 Å². The third kappa shape index (κ3) is 6.31. The van der Waals surface area contributed by atoms with Crippen LogP contribution in [0.15, 0.2) is 0 Å². The summed E-state index contributed by atoms with van der Waals surface area (Å²) in [5.74, 6) is -0.492. The SMILES string of the molecule is COC(=O)C(CCCN)(CCCN)CNC(=O)CCN. The second-order valence-electron chi connectivity index (χ2n) is 4.87. The van der Waals surface area contributed by atoms with Crippen LogP contribution in [0.25, 0.3) is 0 Å². The molecule has 0 saturated carbocycles. The van der Waals surface area contributed by atoms with Crippen LogP contribution in [0.3, 0.4) is 0 Å². The van der Waals surface area contributed by atoms with Crippen molar-refractivity contribution >= 4 is 11.9 Å². The Kier molecular flexibility index (Phi) is 9.96. The molecule has 0 aliphatic carbocycles. The third-order valence-corrected chi connectivity index (χ3v) is 3.33. The van der Waals surface area contributed by atoms with Crippen molar-refractivity contribution in [2.45, 2.75) is 32.1 Å². The van der Waals surface area contributed by atoms with Gasteiger partial charge in [0, 0.05) is 19.5 Å².